The lowest BCUT2D eigenvalue weighted by Gasteiger charge is -2.13. The van der Waals surface area contributed by atoms with Gasteiger partial charge in [0.2, 0.25) is 0 Å². The van der Waals surface area contributed by atoms with Crippen molar-refractivity contribution in [1.29, 1.82) is 0 Å². The van der Waals surface area contributed by atoms with Crippen LogP contribution >= 0.6 is 0 Å². The molecule has 2 rings (SSSR count). The molecule has 2 aromatic rings. The second-order valence-corrected chi connectivity index (χ2v) is 4.72. The summed E-state index contributed by atoms with van der Waals surface area (Å²) in [7, 11) is 0. The van der Waals surface area contributed by atoms with E-state index in [1.54, 1.807) is 12.1 Å². The smallest absolute Gasteiger partial charge is 0.255 e. The number of hydrogen-bond donors (Lipinski definition) is 2. The number of carbonyl (C=O) groups is 1. The van der Waals surface area contributed by atoms with Crippen molar-refractivity contribution in [2.75, 3.05) is 11.9 Å². The molecule has 0 radical (unpaired) electrons. The average Bonchev–Trinajstić information content (AvgIpc) is 2.49. The molecule has 0 spiro atoms. The minimum absolute atomic E-state index is 0.0851. The van der Waals surface area contributed by atoms with Gasteiger partial charge in [-0.15, -0.1) is 0 Å². The van der Waals surface area contributed by atoms with Crippen LogP contribution in [0.5, 0.6) is 0 Å². The molecule has 1 atom stereocenters. The van der Waals surface area contributed by atoms with E-state index in [-0.39, 0.29) is 5.91 Å². The van der Waals surface area contributed by atoms with Crippen molar-refractivity contribution in [3.8, 4) is 0 Å². The molecule has 0 aliphatic rings. The van der Waals surface area contributed by atoms with E-state index < -0.39 is 0 Å². The van der Waals surface area contributed by atoms with Gasteiger partial charge in [-0.05, 0) is 43.3 Å². The summed E-state index contributed by atoms with van der Waals surface area (Å²) in [5.41, 5.74) is 2.69. The first-order valence-electron chi connectivity index (χ1n) is 6.90. The second kappa shape index (κ2) is 6.87. The molecule has 1 amide bonds. The van der Waals surface area contributed by atoms with Crippen LogP contribution in [0.1, 0.15) is 35.8 Å². The Morgan fingerprint density at radius 3 is 2.30 bits per heavy atom. The quantitative estimate of drug-likeness (QED) is 0.869. The number of hydrogen-bond acceptors (Lipinski definition) is 2. The molecule has 0 fully saturated rings. The van der Waals surface area contributed by atoms with Gasteiger partial charge in [0.1, 0.15) is 0 Å². The molecule has 104 valence electrons. The lowest BCUT2D eigenvalue weighted by Crippen LogP contribution is -2.17. The molecular formula is C17H20N2O. The fourth-order valence-corrected chi connectivity index (χ4v) is 2.07. The van der Waals surface area contributed by atoms with Crippen LogP contribution in [-0.4, -0.2) is 12.5 Å². The van der Waals surface area contributed by atoms with Crippen molar-refractivity contribution in [1.82, 2.24) is 5.32 Å². The van der Waals surface area contributed by atoms with Crippen LogP contribution < -0.4 is 10.6 Å². The fourth-order valence-electron chi connectivity index (χ4n) is 2.07. The Kier molecular flexibility index (Phi) is 4.91. The number of benzene rings is 2. The Hall–Kier alpha value is -2.13. The summed E-state index contributed by atoms with van der Waals surface area (Å²) in [6, 6.07) is 17.5. The molecule has 1 unspecified atom stereocenters. The van der Waals surface area contributed by atoms with Gasteiger partial charge in [0.25, 0.3) is 5.91 Å². The summed E-state index contributed by atoms with van der Waals surface area (Å²) < 4.78 is 0. The highest BCUT2D eigenvalue weighted by Gasteiger charge is 2.06. The first-order valence-corrected chi connectivity index (χ1v) is 6.90. The lowest BCUT2D eigenvalue weighted by molar-refractivity contribution is 0.102. The minimum Gasteiger partial charge on any atom is -0.322 e. The van der Waals surface area contributed by atoms with E-state index in [1.165, 1.54) is 5.56 Å². The molecule has 0 aliphatic heterocycles. The average molecular weight is 268 g/mol. The number of carbonyl (C=O) groups excluding carboxylic acids is 1. The minimum atomic E-state index is -0.0851. The van der Waals surface area contributed by atoms with Gasteiger partial charge in [0.15, 0.2) is 0 Å². The molecule has 20 heavy (non-hydrogen) atoms. The second-order valence-electron chi connectivity index (χ2n) is 4.72. The van der Waals surface area contributed by atoms with Crippen molar-refractivity contribution >= 4 is 11.6 Å². The van der Waals surface area contributed by atoms with Crippen LogP contribution in [0.3, 0.4) is 0 Å². The summed E-state index contributed by atoms with van der Waals surface area (Å²) in [6.07, 6.45) is 0. The molecule has 3 heteroatoms. The zero-order valence-corrected chi connectivity index (χ0v) is 11.9. The third-order valence-electron chi connectivity index (χ3n) is 3.21. The van der Waals surface area contributed by atoms with E-state index >= 15 is 0 Å². The van der Waals surface area contributed by atoms with Gasteiger partial charge in [-0.25, -0.2) is 0 Å². The summed E-state index contributed by atoms with van der Waals surface area (Å²) in [5, 5.41) is 6.26. The Labute approximate surface area is 120 Å². The predicted octanol–water partition coefficient (Wildman–Crippen LogP) is 3.61. The predicted molar refractivity (Wildman–Crippen MR) is 82.9 cm³/mol. The van der Waals surface area contributed by atoms with Crippen LogP contribution in [0.2, 0.25) is 0 Å². The Morgan fingerprint density at radius 2 is 1.70 bits per heavy atom. The van der Waals surface area contributed by atoms with Gasteiger partial charge < -0.3 is 10.6 Å². The number of nitrogens with one attached hydrogen (secondary N) is 2. The van der Waals surface area contributed by atoms with Crippen molar-refractivity contribution in [2.24, 2.45) is 0 Å². The van der Waals surface area contributed by atoms with Crippen molar-refractivity contribution in [3.05, 3.63) is 65.7 Å². The van der Waals surface area contributed by atoms with E-state index in [1.807, 2.05) is 42.5 Å². The number of rotatable bonds is 5. The van der Waals surface area contributed by atoms with E-state index in [9.17, 15) is 4.79 Å². The molecule has 2 aromatic carbocycles. The fraction of sp³-hybridized carbons (Fsp3) is 0.235. The highest BCUT2D eigenvalue weighted by Crippen LogP contribution is 2.16. The van der Waals surface area contributed by atoms with Gasteiger partial charge in [0.05, 0.1) is 0 Å². The molecule has 2 N–H and O–H groups in total. The first kappa shape index (κ1) is 14.3. The summed E-state index contributed by atoms with van der Waals surface area (Å²) in [4.78, 5) is 12.0. The molecule has 0 aliphatic carbocycles. The standard InChI is InChI=1S/C17H20N2O/c1-3-18-13(2)14-9-11-16(12-10-14)19-17(20)15-7-5-4-6-8-15/h4-13,18H,3H2,1-2H3,(H,19,20). The van der Waals surface area contributed by atoms with E-state index in [2.05, 4.69) is 24.5 Å². The van der Waals surface area contributed by atoms with Gasteiger partial charge >= 0.3 is 0 Å². The Balaban J connectivity index is 2.02. The van der Waals surface area contributed by atoms with Crippen molar-refractivity contribution < 1.29 is 4.79 Å². The van der Waals surface area contributed by atoms with E-state index in [0.29, 0.717) is 11.6 Å². The normalized spacial score (nSPS) is 11.9. The maximum atomic E-state index is 12.0. The van der Waals surface area contributed by atoms with Crippen LogP contribution in [0.25, 0.3) is 0 Å². The maximum Gasteiger partial charge on any atom is 0.255 e. The van der Waals surface area contributed by atoms with E-state index in [4.69, 9.17) is 0 Å². The van der Waals surface area contributed by atoms with Gasteiger partial charge in [0, 0.05) is 17.3 Å². The van der Waals surface area contributed by atoms with Crippen LogP contribution in [0.15, 0.2) is 54.6 Å². The monoisotopic (exact) mass is 268 g/mol. The lowest BCUT2D eigenvalue weighted by atomic mass is 10.1. The highest BCUT2D eigenvalue weighted by molar-refractivity contribution is 6.04. The molecule has 0 heterocycles. The molecular weight excluding hydrogens is 248 g/mol. The zero-order valence-electron chi connectivity index (χ0n) is 11.9. The van der Waals surface area contributed by atoms with Crippen LogP contribution in [0, 0.1) is 0 Å². The molecule has 3 nitrogen and oxygen atoms in total. The number of anilines is 1. The number of amides is 1. The molecule has 0 bridgehead atoms. The summed E-state index contributed by atoms with van der Waals surface area (Å²) in [5.74, 6) is -0.0851. The maximum absolute atomic E-state index is 12.0. The van der Waals surface area contributed by atoms with Crippen LogP contribution in [-0.2, 0) is 0 Å². The van der Waals surface area contributed by atoms with E-state index in [0.717, 1.165) is 12.2 Å². The highest BCUT2D eigenvalue weighted by atomic mass is 16.1. The van der Waals surface area contributed by atoms with Crippen molar-refractivity contribution in [2.45, 2.75) is 19.9 Å². The topological polar surface area (TPSA) is 41.1 Å². The van der Waals surface area contributed by atoms with Crippen LogP contribution in [0.4, 0.5) is 5.69 Å². The zero-order chi connectivity index (χ0) is 14.4. The van der Waals surface area contributed by atoms with Gasteiger partial charge in [-0.1, -0.05) is 37.3 Å². The first-order chi connectivity index (χ1) is 9.70. The summed E-state index contributed by atoms with van der Waals surface area (Å²) in [6.45, 7) is 5.15. The SMILES string of the molecule is CCNC(C)c1ccc(NC(=O)c2ccccc2)cc1. The van der Waals surface area contributed by atoms with Gasteiger partial charge in [-0.3, -0.25) is 4.79 Å². The van der Waals surface area contributed by atoms with Gasteiger partial charge in [-0.2, -0.15) is 0 Å². The molecule has 0 saturated carbocycles. The molecule has 0 aromatic heterocycles. The summed E-state index contributed by atoms with van der Waals surface area (Å²) >= 11 is 0. The molecule has 0 saturated heterocycles. The Bertz CT molecular complexity index is 549. The third kappa shape index (κ3) is 3.68. The largest absolute Gasteiger partial charge is 0.322 e. The third-order valence-corrected chi connectivity index (χ3v) is 3.21. The Morgan fingerprint density at radius 1 is 1.05 bits per heavy atom. The van der Waals surface area contributed by atoms with Crippen molar-refractivity contribution in [3.63, 3.8) is 0 Å².